The van der Waals surface area contributed by atoms with Gasteiger partial charge in [-0.1, -0.05) is 15.9 Å². The molecule has 0 saturated carbocycles. The number of nitrogens with two attached hydrogens (primary N) is 1. The number of rotatable bonds is 1. The highest BCUT2D eigenvalue weighted by Gasteiger charge is 2.08. The van der Waals surface area contributed by atoms with Crippen molar-refractivity contribution in [3.05, 3.63) is 40.9 Å². The summed E-state index contributed by atoms with van der Waals surface area (Å²) in [5.74, 6) is 0.0996. The molecular weight excluding hydrogens is 312 g/mol. The largest absolute Gasteiger partial charge is 0.506 e. The van der Waals surface area contributed by atoms with Crippen LogP contribution < -0.4 is 5.73 Å². The lowest BCUT2D eigenvalue weighted by molar-refractivity contribution is 0.478. The van der Waals surface area contributed by atoms with Crippen LogP contribution in [0.25, 0.3) is 20.8 Å². The van der Waals surface area contributed by atoms with E-state index < -0.39 is 0 Å². The standard InChI is InChI=1S/C13H9BrN2OS/c14-8-2-4-12-10(6-8)16-13(18-12)7-1-3-11(17)9(15)5-7/h1-6,17H,15H2. The molecule has 0 aliphatic rings. The second kappa shape index (κ2) is 4.26. The fourth-order valence-electron chi connectivity index (χ4n) is 1.71. The maximum atomic E-state index is 9.42. The molecule has 0 aliphatic carbocycles. The summed E-state index contributed by atoms with van der Waals surface area (Å²) < 4.78 is 2.14. The number of phenols is 1. The summed E-state index contributed by atoms with van der Waals surface area (Å²) in [5, 5.41) is 10.3. The van der Waals surface area contributed by atoms with Gasteiger partial charge in [0.15, 0.2) is 0 Å². The van der Waals surface area contributed by atoms with Gasteiger partial charge in [0, 0.05) is 10.0 Å². The zero-order valence-electron chi connectivity index (χ0n) is 9.22. The van der Waals surface area contributed by atoms with Crippen molar-refractivity contribution in [2.45, 2.75) is 0 Å². The molecule has 0 saturated heterocycles. The van der Waals surface area contributed by atoms with Crippen molar-refractivity contribution in [2.24, 2.45) is 0 Å². The highest BCUT2D eigenvalue weighted by molar-refractivity contribution is 9.10. The van der Waals surface area contributed by atoms with Crippen LogP contribution in [0.5, 0.6) is 5.75 Å². The van der Waals surface area contributed by atoms with Crippen LogP contribution in [0.15, 0.2) is 40.9 Å². The van der Waals surface area contributed by atoms with Crippen molar-refractivity contribution in [3.63, 3.8) is 0 Å². The van der Waals surface area contributed by atoms with Crippen molar-refractivity contribution < 1.29 is 5.11 Å². The predicted molar refractivity (Wildman–Crippen MR) is 78.8 cm³/mol. The van der Waals surface area contributed by atoms with Crippen molar-refractivity contribution in [1.82, 2.24) is 4.98 Å². The van der Waals surface area contributed by atoms with E-state index in [1.165, 1.54) is 0 Å². The van der Waals surface area contributed by atoms with Crippen molar-refractivity contribution in [2.75, 3.05) is 5.73 Å². The normalized spacial score (nSPS) is 10.9. The first kappa shape index (κ1) is 11.5. The van der Waals surface area contributed by atoms with E-state index in [0.29, 0.717) is 5.69 Å². The average Bonchev–Trinajstić information content (AvgIpc) is 2.75. The summed E-state index contributed by atoms with van der Waals surface area (Å²) in [6.07, 6.45) is 0. The van der Waals surface area contributed by atoms with Crippen LogP contribution in [0.2, 0.25) is 0 Å². The Morgan fingerprint density at radius 3 is 2.78 bits per heavy atom. The topological polar surface area (TPSA) is 59.1 Å². The van der Waals surface area contributed by atoms with Gasteiger partial charge in [-0.3, -0.25) is 0 Å². The number of aromatic nitrogens is 1. The fraction of sp³-hybridized carbons (Fsp3) is 0. The highest BCUT2D eigenvalue weighted by Crippen LogP contribution is 2.34. The van der Waals surface area contributed by atoms with E-state index >= 15 is 0 Å². The first-order chi connectivity index (χ1) is 8.63. The lowest BCUT2D eigenvalue weighted by Crippen LogP contribution is -1.86. The molecule has 0 atom stereocenters. The lowest BCUT2D eigenvalue weighted by Gasteiger charge is -2.00. The van der Waals surface area contributed by atoms with Crippen LogP contribution in [0.3, 0.4) is 0 Å². The molecule has 0 spiro atoms. The quantitative estimate of drug-likeness (QED) is 0.526. The lowest BCUT2D eigenvalue weighted by atomic mass is 10.2. The minimum Gasteiger partial charge on any atom is -0.506 e. The van der Waals surface area contributed by atoms with Crippen molar-refractivity contribution in [3.8, 4) is 16.3 Å². The minimum atomic E-state index is 0.0996. The van der Waals surface area contributed by atoms with E-state index in [1.54, 1.807) is 23.5 Å². The Bertz CT molecular complexity index is 739. The molecule has 3 aromatic rings. The third-order valence-corrected chi connectivity index (χ3v) is 4.20. The predicted octanol–water partition coefficient (Wildman–Crippen LogP) is 4.01. The molecule has 3 N–H and O–H groups in total. The summed E-state index contributed by atoms with van der Waals surface area (Å²) in [4.78, 5) is 4.57. The molecule has 0 radical (unpaired) electrons. The summed E-state index contributed by atoms with van der Waals surface area (Å²) in [6.45, 7) is 0. The van der Waals surface area contributed by atoms with Gasteiger partial charge in [0.25, 0.3) is 0 Å². The number of benzene rings is 2. The summed E-state index contributed by atoms with van der Waals surface area (Å²) in [5.41, 5.74) is 7.94. The molecular formula is C13H9BrN2OS. The van der Waals surface area contributed by atoms with Crippen molar-refractivity contribution in [1.29, 1.82) is 0 Å². The van der Waals surface area contributed by atoms with E-state index in [1.807, 2.05) is 24.3 Å². The van der Waals surface area contributed by atoms with Crippen LogP contribution in [-0.2, 0) is 0 Å². The number of fused-ring (bicyclic) bond motifs is 1. The minimum absolute atomic E-state index is 0.0996. The number of anilines is 1. The van der Waals surface area contributed by atoms with Gasteiger partial charge >= 0.3 is 0 Å². The fourth-order valence-corrected chi connectivity index (χ4v) is 3.00. The summed E-state index contributed by atoms with van der Waals surface area (Å²) >= 11 is 5.04. The molecule has 5 heteroatoms. The van der Waals surface area contributed by atoms with Gasteiger partial charge in [0.05, 0.1) is 15.9 Å². The molecule has 3 rings (SSSR count). The Kier molecular flexibility index (Phi) is 2.72. The molecule has 1 aromatic heterocycles. The average molecular weight is 321 g/mol. The Morgan fingerprint density at radius 1 is 1.17 bits per heavy atom. The van der Waals surface area contributed by atoms with Gasteiger partial charge in [0.1, 0.15) is 10.8 Å². The molecule has 0 aliphatic heterocycles. The molecule has 1 heterocycles. The zero-order valence-corrected chi connectivity index (χ0v) is 11.6. The first-order valence-electron chi connectivity index (χ1n) is 5.28. The third kappa shape index (κ3) is 1.95. The Balaban J connectivity index is 2.16. The highest BCUT2D eigenvalue weighted by atomic mass is 79.9. The maximum absolute atomic E-state index is 9.42. The van der Waals surface area contributed by atoms with Gasteiger partial charge < -0.3 is 10.8 Å². The smallest absolute Gasteiger partial charge is 0.138 e. The molecule has 90 valence electrons. The van der Waals surface area contributed by atoms with Gasteiger partial charge in [0.2, 0.25) is 0 Å². The zero-order chi connectivity index (χ0) is 12.7. The third-order valence-electron chi connectivity index (χ3n) is 2.62. The number of halogens is 1. The Morgan fingerprint density at radius 2 is 2.00 bits per heavy atom. The molecule has 18 heavy (non-hydrogen) atoms. The van der Waals surface area contributed by atoms with Gasteiger partial charge in [-0.15, -0.1) is 11.3 Å². The molecule has 0 amide bonds. The van der Waals surface area contributed by atoms with Crippen LogP contribution in [0, 0.1) is 0 Å². The van der Waals surface area contributed by atoms with Gasteiger partial charge in [-0.05, 0) is 36.4 Å². The van der Waals surface area contributed by atoms with Gasteiger partial charge in [-0.2, -0.15) is 0 Å². The second-order valence-electron chi connectivity index (χ2n) is 3.90. The second-order valence-corrected chi connectivity index (χ2v) is 5.85. The maximum Gasteiger partial charge on any atom is 0.138 e. The molecule has 0 bridgehead atoms. The number of phenolic OH excluding ortho intramolecular Hbond substituents is 1. The number of hydrogen-bond donors (Lipinski definition) is 2. The van der Waals surface area contributed by atoms with Crippen LogP contribution in [-0.4, -0.2) is 10.1 Å². The number of nitrogens with zero attached hydrogens (tertiary/aromatic N) is 1. The molecule has 0 fully saturated rings. The summed E-state index contributed by atoms with van der Waals surface area (Å²) in [7, 11) is 0. The van der Waals surface area contributed by atoms with E-state index in [4.69, 9.17) is 5.73 Å². The number of nitrogen functional groups attached to an aromatic ring is 1. The van der Waals surface area contributed by atoms with E-state index in [9.17, 15) is 5.11 Å². The SMILES string of the molecule is Nc1cc(-c2nc3cc(Br)ccc3s2)ccc1O. The van der Waals surface area contributed by atoms with E-state index in [2.05, 4.69) is 20.9 Å². The number of hydrogen-bond acceptors (Lipinski definition) is 4. The van der Waals surface area contributed by atoms with E-state index in [0.717, 1.165) is 25.3 Å². The number of aromatic hydroxyl groups is 1. The molecule has 2 aromatic carbocycles. The van der Waals surface area contributed by atoms with Gasteiger partial charge in [-0.25, -0.2) is 4.98 Å². The van der Waals surface area contributed by atoms with Crippen molar-refractivity contribution >= 4 is 43.2 Å². The summed E-state index contributed by atoms with van der Waals surface area (Å²) in [6, 6.07) is 11.2. The number of thiazole rings is 1. The monoisotopic (exact) mass is 320 g/mol. The van der Waals surface area contributed by atoms with Crippen LogP contribution in [0.1, 0.15) is 0 Å². The Labute approximate surface area is 116 Å². The Hall–Kier alpha value is -1.59. The van der Waals surface area contributed by atoms with Crippen LogP contribution >= 0.6 is 27.3 Å². The van der Waals surface area contributed by atoms with Crippen LogP contribution in [0.4, 0.5) is 5.69 Å². The molecule has 3 nitrogen and oxygen atoms in total. The van der Waals surface area contributed by atoms with E-state index in [-0.39, 0.29) is 5.75 Å². The molecule has 0 unspecified atom stereocenters. The first-order valence-corrected chi connectivity index (χ1v) is 6.89.